The summed E-state index contributed by atoms with van der Waals surface area (Å²) in [4.78, 5) is 23.5. The van der Waals surface area contributed by atoms with E-state index in [2.05, 4.69) is 15.2 Å². The lowest BCUT2D eigenvalue weighted by atomic mass is 10.0. The molecule has 0 spiro atoms. The molecule has 0 saturated carbocycles. The number of aromatic nitrogens is 4. The second kappa shape index (κ2) is 6.14. The van der Waals surface area contributed by atoms with Gasteiger partial charge in [-0.3, -0.25) is 4.79 Å². The summed E-state index contributed by atoms with van der Waals surface area (Å²) in [7, 11) is 1.32. The molecule has 2 saturated heterocycles. The van der Waals surface area contributed by atoms with Gasteiger partial charge in [-0.05, 0) is 46.9 Å². The summed E-state index contributed by atoms with van der Waals surface area (Å²) < 4.78 is 18.8. The van der Waals surface area contributed by atoms with Gasteiger partial charge in [0.2, 0.25) is 11.1 Å². The van der Waals surface area contributed by atoms with Crippen molar-refractivity contribution < 1.29 is 23.8 Å². The van der Waals surface area contributed by atoms with Crippen LogP contribution < -0.4 is 0 Å². The third kappa shape index (κ3) is 2.68. The minimum atomic E-state index is -0.767. The van der Waals surface area contributed by atoms with Crippen molar-refractivity contribution in [3.63, 3.8) is 0 Å². The van der Waals surface area contributed by atoms with E-state index in [0.717, 1.165) is 0 Å². The normalized spacial score (nSPS) is 25.2. The molecular formula is C15H14N4O5S. The van der Waals surface area contributed by atoms with Gasteiger partial charge >= 0.3 is 5.97 Å². The number of carbonyl (C=O) groups excluding carboxylic acids is 2. The zero-order chi connectivity index (χ0) is 17.6. The van der Waals surface area contributed by atoms with Gasteiger partial charge in [0.1, 0.15) is 6.10 Å². The summed E-state index contributed by atoms with van der Waals surface area (Å²) in [6.45, 7) is 0.323. The molecule has 0 unspecified atom stereocenters. The number of ketones is 1. The van der Waals surface area contributed by atoms with Crippen LogP contribution in [-0.2, 0) is 19.0 Å². The van der Waals surface area contributed by atoms with Crippen molar-refractivity contribution >= 4 is 24.0 Å². The molecular weight excluding hydrogens is 348 g/mol. The van der Waals surface area contributed by atoms with Crippen LogP contribution in [0.5, 0.6) is 0 Å². The largest absolute Gasteiger partial charge is 0.465 e. The Kier molecular flexibility index (Phi) is 3.94. The van der Waals surface area contributed by atoms with Crippen LogP contribution >= 0.6 is 12.2 Å². The Morgan fingerprint density at radius 3 is 2.80 bits per heavy atom. The predicted molar refractivity (Wildman–Crippen MR) is 84.8 cm³/mol. The van der Waals surface area contributed by atoms with E-state index in [9.17, 15) is 9.59 Å². The lowest BCUT2D eigenvalue weighted by molar-refractivity contribution is -0.156. The number of tetrazole rings is 1. The van der Waals surface area contributed by atoms with Crippen LogP contribution in [0.25, 0.3) is 5.69 Å². The number of Topliss-reactive ketones (excluding diaryl/α,β-unsaturated/α-hetero) is 1. The van der Waals surface area contributed by atoms with Crippen molar-refractivity contribution in [2.45, 2.75) is 24.9 Å². The lowest BCUT2D eigenvalue weighted by Gasteiger charge is -2.25. The molecule has 0 amide bonds. The Balaban J connectivity index is 1.64. The van der Waals surface area contributed by atoms with Gasteiger partial charge in [0.15, 0.2) is 5.78 Å². The van der Waals surface area contributed by atoms with E-state index >= 15 is 0 Å². The number of rotatable bonds is 3. The van der Waals surface area contributed by atoms with Crippen LogP contribution in [0.1, 0.15) is 22.8 Å². The first-order valence-electron chi connectivity index (χ1n) is 7.61. The molecule has 2 aliphatic heterocycles. The van der Waals surface area contributed by atoms with Crippen molar-refractivity contribution in [2.75, 3.05) is 13.7 Å². The predicted octanol–water partition coefficient (Wildman–Crippen LogP) is 0.840. The third-order valence-corrected chi connectivity index (χ3v) is 4.62. The molecule has 130 valence electrons. The number of carbonyl (C=O) groups is 2. The molecule has 2 bridgehead atoms. The van der Waals surface area contributed by atoms with Gasteiger partial charge in [-0.15, -0.1) is 0 Å². The number of ether oxygens (including phenoxy) is 3. The Hall–Kier alpha value is -2.43. The van der Waals surface area contributed by atoms with Gasteiger partial charge in [0.05, 0.1) is 31.0 Å². The molecule has 3 atom stereocenters. The maximum Gasteiger partial charge on any atom is 0.337 e. The van der Waals surface area contributed by atoms with Gasteiger partial charge in [0.25, 0.3) is 0 Å². The molecule has 2 aliphatic rings. The molecule has 2 fully saturated rings. The van der Waals surface area contributed by atoms with Gasteiger partial charge in [-0.1, -0.05) is 0 Å². The molecule has 0 radical (unpaired) electrons. The standard InChI is InChI=1S/C15H14N4O5S/c1-22-13(21)8-2-4-9(5-3-8)18-15(25)19(17-16-18)10-6-11(20)14-23-7-12(10)24-14/h2-5,10,12,14H,6-7H2,1H3/t10-,12-,14-/m1/s1. The van der Waals surface area contributed by atoms with Gasteiger partial charge in [0, 0.05) is 6.42 Å². The second-order valence-corrected chi connectivity index (χ2v) is 6.10. The number of esters is 1. The summed E-state index contributed by atoms with van der Waals surface area (Å²) in [5.74, 6) is -0.551. The molecule has 2 aromatic rings. The zero-order valence-corrected chi connectivity index (χ0v) is 14.0. The summed E-state index contributed by atoms with van der Waals surface area (Å²) in [6, 6.07) is 6.27. The SMILES string of the molecule is COC(=O)c1ccc(-n2nnn([C@@H]3CC(=O)[C@@H]4OC[C@H]3O4)c2=S)cc1. The number of fused-ring (bicyclic) bond motifs is 2. The molecule has 0 N–H and O–H groups in total. The Labute approximate surface area is 147 Å². The average molecular weight is 362 g/mol. The maximum atomic E-state index is 12.0. The van der Waals surface area contributed by atoms with Crippen molar-refractivity contribution in [2.24, 2.45) is 0 Å². The van der Waals surface area contributed by atoms with Crippen LogP contribution in [-0.4, -0.2) is 57.7 Å². The lowest BCUT2D eigenvalue weighted by Crippen LogP contribution is -2.37. The zero-order valence-electron chi connectivity index (χ0n) is 13.2. The van der Waals surface area contributed by atoms with Crippen molar-refractivity contribution in [3.8, 4) is 5.69 Å². The summed E-state index contributed by atoms with van der Waals surface area (Å²) in [5.41, 5.74) is 1.07. The Morgan fingerprint density at radius 2 is 2.08 bits per heavy atom. The highest BCUT2D eigenvalue weighted by Crippen LogP contribution is 2.32. The van der Waals surface area contributed by atoms with Crippen molar-refractivity contribution in [3.05, 3.63) is 34.6 Å². The van der Waals surface area contributed by atoms with Crippen LogP contribution in [0, 0.1) is 4.77 Å². The van der Waals surface area contributed by atoms with Crippen molar-refractivity contribution in [1.29, 1.82) is 0 Å². The second-order valence-electron chi connectivity index (χ2n) is 5.73. The Morgan fingerprint density at radius 1 is 1.32 bits per heavy atom. The molecule has 1 aromatic heterocycles. The van der Waals surface area contributed by atoms with E-state index in [1.165, 1.54) is 16.5 Å². The summed E-state index contributed by atoms with van der Waals surface area (Å²) >= 11 is 5.45. The fourth-order valence-corrected chi connectivity index (χ4v) is 3.27. The minimum absolute atomic E-state index is 0.127. The van der Waals surface area contributed by atoms with E-state index in [0.29, 0.717) is 22.6 Å². The maximum absolute atomic E-state index is 12.0. The monoisotopic (exact) mass is 362 g/mol. The van der Waals surface area contributed by atoms with Crippen LogP contribution in [0.15, 0.2) is 24.3 Å². The molecule has 1 aromatic carbocycles. The highest BCUT2D eigenvalue weighted by Gasteiger charge is 2.45. The first-order chi connectivity index (χ1) is 12.1. The fourth-order valence-electron chi connectivity index (χ4n) is 2.95. The highest BCUT2D eigenvalue weighted by molar-refractivity contribution is 7.71. The minimum Gasteiger partial charge on any atom is -0.465 e. The summed E-state index contributed by atoms with van der Waals surface area (Å²) in [5, 5.41) is 8.15. The first kappa shape index (κ1) is 16.1. The number of hydrogen-bond donors (Lipinski definition) is 0. The average Bonchev–Trinajstić information content (AvgIpc) is 3.23. The topological polar surface area (TPSA) is 97.5 Å². The number of hydrogen-bond acceptors (Lipinski definition) is 8. The fraction of sp³-hybridized carbons (Fsp3) is 0.400. The van der Waals surface area contributed by atoms with Gasteiger partial charge < -0.3 is 14.2 Å². The van der Waals surface area contributed by atoms with E-state index in [1.807, 2.05) is 0 Å². The van der Waals surface area contributed by atoms with E-state index in [1.54, 1.807) is 24.3 Å². The van der Waals surface area contributed by atoms with Crippen LogP contribution in [0.4, 0.5) is 0 Å². The molecule has 9 nitrogen and oxygen atoms in total. The molecule has 4 rings (SSSR count). The smallest absolute Gasteiger partial charge is 0.337 e. The molecule has 10 heteroatoms. The van der Waals surface area contributed by atoms with Gasteiger partial charge in [-0.2, -0.15) is 4.68 Å². The number of nitrogens with zero attached hydrogens (tertiary/aromatic N) is 4. The van der Waals surface area contributed by atoms with Crippen LogP contribution in [0.3, 0.4) is 0 Å². The van der Waals surface area contributed by atoms with Crippen LogP contribution in [0.2, 0.25) is 0 Å². The van der Waals surface area contributed by atoms with Gasteiger partial charge in [-0.25, -0.2) is 9.48 Å². The molecule has 25 heavy (non-hydrogen) atoms. The first-order valence-corrected chi connectivity index (χ1v) is 8.02. The highest BCUT2D eigenvalue weighted by atomic mass is 32.1. The molecule has 3 heterocycles. The number of methoxy groups -OCH3 is 1. The van der Waals surface area contributed by atoms with Crippen molar-refractivity contribution in [1.82, 2.24) is 19.8 Å². The third-order valence-electron chi connectivity index (χ3n) is 4.26. The van der Waals surface area contributed by atoms with E-state index < -0.39 is 12.3 Å². The summed E-state index contributed by atoms with van der Waals surface area (Å²) in [6.07, 6.45) is -0.804. The Bertz CT molecular complexity index is 890. The quantitative estimate of drug-likeness (QED) is 0.585. The van der Waals surface area contributed by atoms with E-state index in [4.69, 9.17) is 21.7 Å². The number of benzene rings is 1. The molecule has 0 aliphatic carbocycles. The van der Waals surface area contributed by atoms with E-state index in [-0.39, 0.29) is 24.3 Å².